The van der Waals surface area contributed by atoms with Gasteiger partial charge in [0, 0.05) is 0 Å². The lowest BCUT2D eigenvalue weighted by Crippen LogP contribution is -2.33. The van der Waals surface area contributed by atoms with E-state index < -0.39 is 0 Å². The van der Waals surface area contributed by atoms with Gasteiger partial charge in [-0.05, 0) is 50.1 Å². The number of piperidine rings is 1. The number of nitrogens with zero attached hydrogens (tertiary/aromatic N) is 1. The molecule has 2 amide bonds. The molecule has 3 rings (SSSR count). The fraction of sp³-hybridized carbons (Fsp3) is 0.333. The van der Waals surface area contributed by atoms with E-state index in [1.165, 1.54) is 10.5 Å². The lowest BCUT2D eigenvalue weighted by molar-refractivity contribution is 0.0667. The predicted molar refractivity (Wildman–Crippen MR) is 85.8 cm³/mol. The summed E-state index contributed by atoms with van der Waals surface area (Å²) in [6, 6.07) is 7.04. The van der Waals surface area contributed by atoms with Crippen LogP contribution in [0.1, 0.15) is 40.0 Å². The molecule has 114 valence electrons. The quantitative estimate of drug-likeness (QED) is 0.686. The largest absolute Gasteiger partial charge is 0.316 e. The third kappa shape index (κ3) is 2.62. The van der Waals surface area contributed by atoms with Gasteiger partial charge in [0.1, 0.15) is 0 Å². The molecule has 2 aliphatic heterocycles. The lowest BCUT2D eigenvalue weighted by atomic mass is 9.96. The smallest absolute Gasteiger partial charge is 0.261 e. The van der Waals surface area contributed by atoms with Crippen molar-refractivity contribution in [2.75, 3.05) is 19.6 Å². The van der Waals surface area contributed by atoms with Crippen LogP contribution in [0.15, 0.2) is 48.1 Å². The van der Waals surface area contributed by atoms with E-state index in [1.54, 1.807) is 24.3 Å². The van der Waals surface area contributed by atoms with Crippen LogP contribution in [0.25, 0.3) is 0 Å². The van der Waals surface area contributed by atoms with E-state index in [-0.39, 0.29) is 11.8 Å². The van der Waals surface area contributed by atoms with Crippen LogP contribution in [0.5, 0.6) is 0 Å². The van der Waals surface area contributed by atoms with Crippen molar-refractivity contribution in [3.05, 3.63) is 59.2 Å². The van der Waals surface area contributed by atoms with Gasteiger partial charge in [0.15, 0.2) is 0 Å². The monoisotopic (exact) mass is 296 g/mol. The number of nitrogens with one attached hydrogen (secondary N) is 1. The second-order valence-electron chi connectivity index (χ2n) is 5.69. The molecule has 22 heavy (non-hydrogen) atoms. The Morgan fingerprint density at radius 2 is 1.73 bits per heavy atom. The number of allylic oxidation sites excluding steroid dienone is 1. The van der Waals surface area contributed by atoms with Crippen LogP contribution in [0.2, 0.25) is 0 Å². The number of rotatable bonds is 4. The summed E-state index contributed by atoms with van der Waals surface area (Å²) in [7, 11) is 0. The first-order chi connectivity index (χ1) is 10.7. The minimum absolute atomic E-state index is 0.184. The lowest BCUT2D eigenvalue weighted by Gasteiger charge is -2.23. The maximum absolute atomic E-state index is 12.5. The Bertz CT molecular complexity index is 618. The van der Waals surface area contributed by atoms with Gasteiger partial charge in [0.05, 0.1) is 17.7 Å². The van der Waals surface area contributed by atoms with E-state index in [2.05, 4.69) is 11.9 Å². The Kier molecular flexibility index (Phi) is 4.20. The van der Waals surface area contributed by atoms with Gasteiger partial charge in [0.2, 0.25) is 0 Å². The van der Waals surface area contributed by atoms with Crippen LogP contribution < -0.4 is 5.32 Å². The molecule has 1 aromatic carbocycles. The molecule has 1 fully saturated rings. The number of carbonyl (C=O) groups excluding carboxylic acids is 2. The molecule has 0 atom stereocenters. The van der Waals surface area contributed by atoms with Crippen LogP contribution in [0.3, 0.4) is 0 Å². The van der Waals surface area contributed by atoms with Crippen LogP contribution >= 0.6 is 0 Å². The highest BCUT2D eigenvalue weighted by atomic mass is 16.2. The Morgan fingerprint density at radius 3 is 2.27 bits per heavy atom. The SMILES string of the molecule is C=CCC(CN1C(=O)c2ccccc2C1=O)=C1CCNCC1. The second-order valence-corrected chi connectivity index (χ2v) is 5.69. The molecular formula is C18H20N2O2. The van der Waals surface area contributed by atoms with Gasteiger partial charge in [-0.25, -0.2) is 0 Å². The van der Waals surface area contributed by atoms with E-state index in [0.29, 0.717) is 17.7 Å². The van der Waals surface area contributed by atoms with Crippen LogP contribution in [-0.4, -0.2) is 36.3 Å². The number of hydrogen-bond donors (Lipinski definition) is 1. The minimum Gasteiger partial charge on any atom is -0.316 e. The fourth-order valence-electron chi connectivity index (χ4n) is 3.15. The highest BCUT2D eigenvalue weighted by Crippen LogP contribution is 2.26. The third-order valence-corrected chi connectivity index (χ3v) is 4.33. The number of hydrogen-bond acceptors (Lipinski definition) is 3. The normalized spacial score (nSPS) is 17.6. The van der Waals surface area contributed by atoms with E-state index in [9.17, 15) is 9.59 Å². The van der Waals surface area contributed by atoms with Crippen molar-refractivity contribution in [3.8, 4) is 0 Å². The van der Waals surface area contributed by atoms with Gasteiger partial charge in [-0.2, -0.15) is 0 Å². The number of benzene rings is 1. The molecule has 0 saturated carbocycles. The van der Waals surface area contributed by atoms with Crippen LogP contribution in [-0.2, 0) is 0 Å². The van der Waals surface area contributed by atoms with Gasteiger partial charge in [-0.1, -0.05) is 23.8 Å². The molecular weight excluding hydrogens is 276 g/mol. The molecule has 0 spiro atoms. The molecule has 4 heteroatoms. The fourth-order valence-corrected chi connectivity index (χ4v) is 3.15. The van der Waals surface area contributed by atoms with Crippen molar-refractivity contribution in [1.29, 1.82) is 0 Å². The molecule has 0 unspecified atom stereocenters. The van der Waals surface area contributed by atoms with Crippen LogP contribution in [0.4, 0.5) is 0 Å². The average molecular weight is 296 g/mol. The zero-order valence-electron chi connectivity index (χ0n) is 12.6. The van der Waals surface area contributed by atoms with E-state index >= 15 is 0 Å². The molecule has 2 aliphatic rings. The molecule has 1 saturated heterocycles. The van der Waals surface area contributed by atoms with Crippen molar-refractivity contribution in [3.63, 3.8) is 0 Å². The zero-order valence-corrected chi connectivity index (χ0v) is 12.6. The highest BCUT2D eigenvalue weighted by molar-refractivity contribution is 6.21. The molecule has 0 aromatic heterocycles. The Balaban J connectivity index is 1.87. The first-order valence-electron chi connectivity index (χ1n) is 7.69. The molecule has 4 nitrogen and oxygen atoms in total. The molecule has 0 radical (unpaired) electrons. The molecule has 0 bridgehead atoms. The maximum Gasteiger partial charge on any atom is 0.261 e. The van der Waals surface area contributed by atoms with Crippen molar-refractivity contribution in [2.24, 2.45) is 0 Å². The molecule has 0 aliphatic carbocycles. The number of fused-ring (bicyclic) bond motifs is 1. The van der Waals surface area contributed by atoms with Gasteiger partial charge in [-0.3, -0.25) is 14.5 Å². The van der Waals surface area contributed by atoms with Crippen molar-refractivity contribution >= 4 is 11.8 Å². The van der Waals surface area contributed by atoms with Gasteiger partial charge < -0.3 is 5.32 Å². The second kappa shape index (κ2) is 6.28. The first kappa shape index (κ1) is 14.7. The maximum atomic E-state index is 12.5. The topological polar surface area (TPSA) is 49.4 Å². The summed E-state index contributed by atoms with van der Waals surface area (Å²) in [5.41, 5.74) is 3.54. The summed E-state index contributed by atoms with van der Waals surface area (Å²) in [6.45, 7) is 6.10. The zero-order chi connectivity index (χ0) is 15.5. The summed E-state index contributed by atoms with van der Waals surface area (Å²) >= 11 is 0. The first-order valence-corrected chi connectivity index (χ1v) is 7.69. The predicted octanol–water partition coefficient (Wildman–Crippen LogP) is 2.54. The minimum atomic E-state index is -0.184. The summed E-state index contributed by atoms with van der Waals surface area (Å²) in [5.74, 6) is -0.367. The van der Waals surface area contributed by atoms with E-state index in [4.69, 9.17) is 0 Å². The Labute approximate surface area is 130 Å². The van der Waals surface area contributed by atoms with E-state index in [1.807, 2.05) is 6.08 Å². The van der Waals surface area contributed by atoms with Crippen molar-refractivity contribution in [1.82, 2.24) is 10.2 Å². The van der Waals surface area contributed by atoms with Gasteiger partial charge in [0.25, 0.3) is 11.8 Å². The summed E-state index contributed by atoms with van der Waals surface area (Å²) in [4.78, 5) is 26.3. The third-order valence-electron chi connectivity index (χ3n) is 4.33. The number of carbonyl (C=O) groups is 2. The van der Waals surface area contributed by atoms with Gasteiger partial charge >= 0.3 is 0 Å². The standard InChI is InChI=1S/C18H20N2O2/c1-2-5-14(13-8-10-19-11-9-13)12-20-17(21)15-6-3-4-7-16(15)18(20)22/h2-4,6-7,19H,1,5,8-12H2. The van der Waals surface area contributed by atoms with Crippen molar-refractivity contribution < 1.29 is 9.59 Å². The van der Waals surface area contributed by atoms with Crippen LogP contribution in [0, 0.1) is 0 Å². The highest BCUT2D eigenvalue weighted by Gasteiger charge is 2.35. The molecule has 1 aromatic rings. The Morgan fingerprint density at radius 1 is 1.14 bits per heavy atom. The summed E-state index contributed by atoms with van der Waals surface area (Å²) in [5, 5.41) is 3.33. The average Bonchev–Trinajstić information content (AvgIpc) is 2.80. The number of amides is 2. The molecule has 1 N–H and O–H groups in total. The summed E-state index contributed by atoms with van der Waals surface area (Å²) < 4.78 is 0. The molecule has 2 heterocycles. The summed E-state index contributed by atoms with van der Waals surface area (Å²) in [6.07, 6.45) is 4.53. The van der Waals surface area contributed by atoms with E-state index in [0.717, 1.165) is 37.9 Å². The number of imide groups is 1. The Hall–Kier alpha value is -2.20. The van der Waals surface area contributed by atoms with Crippen molar-refractivity contribution in [2.45, 2.75) is 19.3 Å². The van der Waals surface area contributed by atoms with Gasteiger partial charge in [-0.15, -0.1) is 6.58 Å².